The molecule has 0 radical (unpaired) electrons. The van der Waals surface area contributed by atoms with E-state index in [2.05, 4.69) is 52.3 Å². The summed E-state index contributed by atoms with van der Waals surface area (Å²) < 4.78 is 0. The summed E-state index contributed by atoms with van der Waals surface area (Å²) in [5, 5.41) is 4.07. The maximum atomic E-state index is 12.4. The summed E-state index contributed by atoms with van der Waals surface area (Å²) in [4.78, 5) is 22.7. The van der Waals surface area contributed by atoms with E-state index in [1.807, 2.05) is 13.0 Å². The fraction of sp³-hybridized carbons (Fsp3) is 0.333. The highest BCUT2D eigenvalue weighted by Gasteiger charge is 2.13. The zero-order valence-electron chi connectivity index (χ0n) is 13.7. The van der Waals surface area contributed by atoms with Gasteiger partial charge < -0.3 is 15.3 Å². The van der Waals surface area contributed by atoms with E-state index in [0.717, 1.165) is 23.0 Å². The molecule has 2 heterocycles. The molecule has 0 saturated carbocycles. The molecular weight excluding hydrogens is 288 g/mol. The van der Waals surface area contributed by atoms with Gasteiger partial charge in [-0.15, -0.1) is 0 Å². The molecule has 0 saturated heterocycles. The van der Waals surface area contributed by atoms with Gasteiger partial charge in [0.2, 0.25) is 0 Å². The standard InChI is InChI=1S/C18H22N4O/c1-11(2)13-4-5-14-8-17(22-16(14)7-13)18(23)21-12(3)6-15-9-19-10-20-15/h4-5,7-12,22H,6H2,1-3H3,(H,19,20)(H,21,23). The van der Waals surface area contributed by atoms with Crippen LogP contribution in [0.3, 0.4) is 0 Å². The SMILES string of the molecule is CC(Cc1cnc[nH]1)NC(=O)c1cc2ccc(C(C)C)cc2[nH]1. The highest BCUT2D eigenvalue weighted by Crippen LogP contribution is 2.22. The smallest absolute Gasteiger partial charge is 0.267 e. The Bertz CT molecular complexity index is 802. The maximum Gasteiger partial charge on any atom is 0.267 e. The summed E-state index contributed by atoms with van der Waals surface area (Å²) >= 11 is 0. The van der Waals surface area contributed by atoms with Crippen LogP contribution in [0.4, 0.5) is 0 Å². The van der Waals surface area contributed by atoms with Gasteiger partial charge in [-0.1, -0.05) is 26.0 Å². The number of rotatable bonds is 5. The Hall–Kier alpha value is -2.56. The number of benzene rings is 1. The summed E-state index contributed by atoms with van der Waals surface area (Å²) in [6, 6.07) is 8.22. The lowest BCUT2D eigenvalue weighted by Gasteiger charge is -2.11. The molecule has 3 aromatic rings. The molecule has 1 atom stereocenters. The van der Waals surface area contributed by atoms with Crippen molar-refractivity contribution in [3.8, 4) is 0 Å². The molecule has 3 N–H and O–H groups in total. The third-order valence-corrected chi connectivity index (χ3v) is 4.02. The molecule has 1 unspecified atom stereocenters. The number of carbonyl (C=O) groups excluding carboxylic acids is 1. The van der Waals surface area contributed by atoms with Crippen molar-refractivity contribution in [2.75, 3.05) is 0 Å². The van der Waals surface area contributed by atoms with Crippen LogP contribution in [0.15, 0.2) is 36.8 Å². The highest BCUT2D eigenvalue weighted by atomic mass is 16.1. The van der Waals surface area contributed by atoms with Crippen molar-refractivity contribution in [2.24, 2.45) is 0 Å². The van der Waals surface area contributed by atoms with E-state index < -0.39 is 0 Å². The Morgan fingerprint density at radius 3 is 2.78 bits per heavy atom. The number of fused-ring (bicyclic) bond motifs is 1. The molecule has 0 fully saturated rings. The van der Waals surface area contributed by atoms with Gasteiger partial charge in [-0.25, -0.2) is 4.98 Å². The topological polar surface area (TPSA) is 73.6 Å². The number of aromatic amines is 2. The van der Waals surface area contributed by atoms with Crippen LogP contribution in [0.1, 0.15) is 48.4 Å². The molecule has 1 amide bonds. The van der Waals surface area contributed by atoms with Crippen LogP contribution >= 0.6 is 0 Å². The molecule has 1 aromatic carbocycles. The molecule has 0 aliphatic rings. The zero-order chi connectivity index (χ0) is 16.4. The van der Waals surface area contributed by atoms with Gasteiger partial charge in [-0.05, 0) is 30.5 Å². The van der Waals surface area contributed by atoms with Crippen LogP contribution < -0.4 is 5.32 Å². The normalized spacial score (nSPS) is 12.7. The molecule has 5 nitrogen and oxygen atoms in total. The van der Waals surface area contributed by atoms with Gasteiger partial charge >= 0.3 is 0 Å². The summed E-state index contributed by atoms with van der Waals surface area (Å²) in [7, 11) is 0. The molecule has 23 heavy (non-hydrogen) atoms. The minimum Gasteiger partial charge on any atom is -0.351 e. The van der Waals surface area contributed by atoms with Crippen LogP contribution in [-0.4, -0.2) is 26.9 Å². The number of aromatic nitrogens is 3. The Balaban J connectivity index is 1.72. The number of nitrogens with one attached hydrogen (secondary N) is 3. The molecule has 0 aliphatic heterocycles. The van der Waals surface area contributed by atoms with Gasteiger partial charge in [0, 0.05) is 35.3 Å². The monoisotopic (exact) mass is 310 g/mol. The molecule has 120 valence electrons. The molecule has 0 aliphatic carbocycles. The molecule has 0 bridgehead atoms. The second-order valence-electron chi connectivity index (χ2n) is 6.34. The van der Waals surface area contributed by atoms with Crippen molar-refractivity contribution in [2.45, 2.75) is 39.2 Å². The first-order valence-corrected chi connectivity index (χ1v) is 7.93. The second-order valence-corrected chi connectivity index (χ2v) is 6.34. The number of imidazole rings is 1. The van der Waals surface area contributed by atoms with Crippen molar-refractivity contribution < 1.29 is 4.79 Å². The summed E-state index contributed by atoms with van der Waals surface area (Å²) in [6.45, 7) is 6.31. The van der Waals surface area contributed by atoms with E-state index in [4.69, 9.17) is 0 Å². The van der Waals surface area contributed by atoms with Crippen molar-refractivity contribution >= 4 is 16.8 Å². The summed E-state index contributed by atoms with van der Waals surface area (Å²) in [6.07, 6.45) is 4.15. The summed E-state index contributed by atoms with van der Waals surface area (Å²) in [5.74, 6) is 0.383. The van der Waals surface area contributed by atoms with E-state index in [1.165, 1.54) is 5.56 Å². The van der Waals surface area contributed by atoms with Gasteiger partial charge in [0.15, 0.2) is 0 Å². The van der Waals surface area contributed by atoms with Crippen molar-refractivity contribution in [1.29, 1.82) is 0 Å². The van der Waals surface area contributed by atoms with E-state index in [0.29, 0.717) is 11.6 Å². The van der Waals surface area contributed by atoms with Gasteiger partial charge in [0.05, 0.1) is 6.33 Å². The largest absolute Gasteiger partial charge is 0.351 e. The Morgan fingerprint density at radius 2 is 2.09 bits per heavy atom. The van der Waals surface area contributed by atoms with Crippen molar-refractivity contribution in [3.63, 3.8) is 0 Å². The Morgan fingerprint density at radius 1 is 1.26 bits per heavy atom. The average Bonchev–Trinajstić information content (AvgIpc) is 3.14. The van der Waals surface area contributed by atoms with Crippen LogP contribution in [0.25, 0.3) is 10.9 Å². The highest BCUT2D eigenvalue weighted by molar-refractivity contribution is 5.98. The number of H-pyrrole nitrogens is 2. The van der Waals surface area contributed by atoms with Crippen LogP contribution in [0.5, 0.6) is 0 Å². The first kappa shape index (κ1) is 15.3. The molecule has 0 spiro atoms. The van der Waals surface area contributed by atoms with Crippen LogP contribution in [-0.2, 0) is 6.42 Å². The fourth-order valence-corrected chi connectivity index (χ4v) is 2.70. The third-order valence-electron chi connectivity index (χ3n) is 4.02. The predicted octanol–water partition coefficient (Wildman–Crippen LogP) is 3.38. The quantitative estimate of drug-likeness (QED) is 0.676. The Labute approximate surface area is 135 Å². The van der Waals surface area contributed by atoms with Gasteiger partial charge in [0.1, 0.15) is 5.69 Å². The number of carbonyl (C=O) groups is 1. The Kier molecular flexibility index (Phi) is 4.19. The van der Waals surface area contributed by atoms with E-state index in [9.17, 15) is 4.79 Å². The number of hydrogen-bond donors (Lipinski definition) is 3. The third kappa shape index (κ3) is 3.44. The molecular formula is C18H22N4O. The van der Waals surface area contributed by atoms with Crippen molar-refractivity contribution in [3.05, 3.63) is 53.7 Å². The van der Waals surface area contributed by atoms with Crippen LogP contribution in [0.2, 0.25) is 0 Å². The second kappa shape index (κ2) is 6.28. The fourth-order valence-electron chi connectivity index (χ4n) is 2.70. The molecule has 2 aromatic heterocycles. The number of hydrogen-bond acceptors (Lipinski definition) is 2. The first-order chi connectivity index (χ1) is 11.0. The molecule has 3 rings (SSSR count). The lowest BCUT2D eigenvalue weighted by atomic mass is 10.0. The average molecular weight is 310 g/mol. The maximum absolute atomic E-state index is 12.4. The zero-order valence-corrected chi connectivity index (χ0v) is 13.7. The minimum atomic E-state index is -0.0840. The van der Waals surface area contributed by atoms with Gasteiger partial charge in [-0.2, -0.15) is 0 Å². The minimum absolute atomic E-state index is 0.0283. The lowest BCUT2D eigenvalue weighted by Crippen LogP contribution is -2.34. The van der Waals surface area contributed by atoms with Crippen molar-refractivity contribution in [1.82, 2.24) is 20.3 Å². The summed E-state index contributed by atoms with van der Waals surface area (Å²) in [5.41, 5.74) is 3.87. The van der Waals surface area contributed by atoms with E-state index in [-0.39, 0.29) is 11.9 Å². The molecule has 5 heteroatoms. The number of nitrogens with zero attached hydrogens (tertiary/aromatic N) is 1. The number of amides is 1. The van der Waals surface area contributed by atoms with Gasteiger partial charge in [0.25, 0.3) is 5.91 Å². The lowest BCUT2D eigenvalue weighted by molar-refractivity contribution is 0.0936. The van der Waals surface area contributed by atoms with E-state index in [1.54, 1.807) is 12.5 Å². The first-order valence-electron chi connectivity index (χ1n) is 7.93. The van der Waals surface area contributed by atoms with Gasteiger partial charge in [-0.3, -0.25) is 4.79 Å². The predicted molar refractivity (Wildman–Crippen MR) is 91.6 cm³/mol. The van der Waals surface area contributed by atoms with E-state index >= 15 is 0 Å². The van der Waals surface area contributed by atoms with Crippen LogP contribution in [0, 0.1) is 0 Å².